The molecule has 1 unspecified atom stereocenters. The molecule has 2 aromatic rings. The van der Waals surface area contributed by atoms with E-state index in [4.69, 9.17) is 27.9 Å². The van der Waals surface area contributed by atoms with Crippen LogP contribution in [0.5, 0.6) is 5.75 Å². The first-order chi connectivity index (χ1) is 13.3. The van der Waals surface area contributed by atoms with Gasteiger partial charge in [0.15, 0.2) is 6.10 Å². The molecule has 2 aromatic carbocycles. The minimum absolute atomic E-state index is 0.0434. The van der Waals surface area contributed by atoms with Gasteiger partial charge in [0.1, 0.15) is 10.6 Å². The fourth-order valence-electron chi connectivity index (χ4n) is 3.07. The van der Waals surface area contributed by atoms with Gasteiger partial charge in [0.2, 0.25) is 10.0 Å². The van der Waals surface area contributed by atoms with Crippen molar-refractivity contribution in [2.45, 2.75) is 31.3 Å². The standard InChI is InChI=1S/C19H20Cl2N2O4S/c1-3-23(4-2)28(25,26)18-11-14(6-7-15(18)21)22-19(24)17-10-12-9-13(20)5-8-16(12)27-17/h5-9,11,17H,3-4,10H2,1-2H3,(H,22,24). The van der Waals surface area contributed by atoms with Crippen molar-refractivity contribution in [3.8, 4) is 5.75 Å². The minimum atomic E-state index is -3.75. The zero-order valence-corrected chi connectivity index (χ0v) is 17.7. The van der Waals surface area contributed by atoms with E-state index in [9.17, 15) is 13.2 Å². The van der Waals surface area contributed by atoms with E-state index in [1.165, 1.54) is 16.4 Å². The molecule has 1 aliphatic heterocycles. The molecule has 1 atom stereocenters. The quantitative estimate of drug-likeness (QED) is 0.733. The SMILES string of the molecule is CCN(CC)S(=O)(=O)c1cc(NC(=O)C2Cc3cc(Cl)ccc3O2)ccc1Cl. The molecule has 1 aliphatic rings. The van der Waals surface area contributed by atoms with Crippen molar-refractivity contribution in [2.75, 3.05) is 18.4 Å². The summed E-state index contributed by atoms with van der Waals surface area (Å²) in [6.45, 7) is 4.15. The topological polar surface area (TPSA) is 75.7 Å². The van der Waals surface area contributed by atoms with Crippen molar-refractivity contribution in [3.63, 3.8) is 0 Å². The molecule has 0 radical (unpaired) electrons. The van der Waals surface area contributed by atoms with Crippen LogP contribution in [0.4, 0.5) is 5.69 Å². The lowest BCUT2D eigenvalue weighted by molar-refractivity contribution is -0.122. The van der Waals surface area contributed by atoms with E-state index >= 15 is 0 Å². The van der Waals surface area contributed by atoms with Crippen molar-refractivity contribution in [3.05, 3.63) is 52.0 Å². The molecule has 1 N–H and O–H groups in total. The number of benzene rings is 2. The monoisotopic (exact) mass is 442 g/mol. The zero-order valence-electron chi connectivity index (χ0n) is 15.4. The summed E-state index contributed by atoms with van der Waals surface area (Å²) in [4.78, 5) is 12.6. The van der Waals surface area contributed by atoms with Gasteiger partial charge in [-0.3, -0.25) is 4.79 Å². The third-order valence-corrected chi connectivity index (χ3v) is 7.28. The lowest BCUT2D eigenvalue weighted by Gasteiger charge is -2.20. The first-order valence-corrected chi connectivity index (χ1v) is 11.0. The number of rotatable bonds is 6. The van der Waals surface area contributed by atoms with E-state index in [0.29, 0.717) is 36.0 Å². The second-order valence-electron chi connectivity index (χ2n) is 6.29. The molecule has 0 bridgehead atoms. The molecular weight excluding hydrogens is 423 g/mol. The smallest absolute Gasteiger partial charge is 0.265 e. The van der Waals surface area contributed by atoms with Gasteiger partial charge in [-0.1, -0.05) is 37.0 Å². The number of halogens is 2. The Morgan fingerprint density at radius 2 is 1.89 bits per heavy atom. The van der Waals surface area contributed by atoms with Crippen LogP contribution < -0.4 is 10.1 Å². The van der Waals surface area contributed by atoms with E-state index in [2.05, 4.69) is 5.32 Å². The van der Waals surface area contributed by atoms with Gasteiger partial charge in [0, 0.05) is 30.2 Å². The molecule has 9 heteroatoms. The highest BCUT2D eigenvalue weighted by Crippen LogP contribution is 2.32. The highest BCUT2D eigenvalue weighted by atomic mass is 35.5. The first-order valence-electron chi connectivity index (χ1n) is 8.82. The van der Waals surface area contributed by atoms with Crippen LogP contribution in [-0.2, 0) is 21.2 Å². The number of hydrogen-bond donors (Lipinski definition) is 1. The Labute approximate surface area is 174 Å². The van der Waals surface area contributed by atoms with Gasteiger partial charge in [-0.2, -0.15) is 4.31 Å². The Morgan fingerprint density at radius 3 is 2.57 bits per heavy atom. The molecule has 1 amide bonds. The lowest BCUT2D eigenvalue weighted by Crippen LogP contribution is -2.32. The van der Waals surface area contributed by atoms with Crippen LogP contribution in [0.25, 0.3) is 0 Å². The summed E-state index contributed by atoms with van der Waals surface area (Å²) in [5.74, 6) is 0.242. The summed E-state index contributed by atoms with van der Waals surface area (Å²) < 4.78 is 32.5. The summed E-state index contributed by atoms with van der Waals surface area (Å²) in [6, 6.07) is 9.57. The molecule has 0 saturated carbocycles. The van der Waals surface area contributed by atoms with Crippen molar-refractivity contribution in [1.82, 2.24) is 4.31 Å². The maximum atomic E-state index is 12.8. The van der Waals surface area contributed by atoms with E-state index in [1.807, 2.05) is 0 Å². The largest absolute Gasteiger partial charge is 0.480 e. The van der Waals surface area contributed by atoms with Crippen LogP contribution in [0.2, 0.25) is 10.0 Å². The number of fused-ring (bicyclic) bond motifs is 1. The molecule has 0 aliphatic carbocycles. The van der Waals surface area contributed by atoms with Gasteiger partial charge >= 0.3 is 0 Å². The van der Waals surface area contributed by atoms with Gasteiger partial charge < -0.3 is 10.1 Å². The number of nitrogens with one attached hydrogen (secondary N) is 1. The highest BCUT2D eigenvalue weighted by Gasteiger charge is 2.30. The average molecular weight is 443 g/mol. The number of carbonyl (C=O) groups is 1. The second-order valence-corrected chi connectivity index (χ2v) is 9.04. The first kappa shape index (κ1) is 20.9. The fourth-order valence-corrected chi connectivity index (χ4v) is 5.22. The van der Waals surface area contributed by atoms with Crippen LogP contribution in [0.3, 0.4) is 0 Å². The zero-order chi connectivity index (χ0) is 20.5. The molecule has 0 fully saturated rings. The predicted octanol–water partition coefficient (Wildman–Crippen LogP) is 3.97. The Bertz CT molecular complexity index is 1010. The third kappa shape index (κ3) is 4.12. The average Bonchev–Trinajstić information content (AvgIpc) is 3.07. The maximum absolute atomic E-state index is 12.8. The Kier molecular flexibility index (Phi) is 6.19. The van der Waals surface area contributed by atoms with Crippen LogP contribution >= 0.6 is 23.2 Å². The van der Waals surface area contributed by atoms with Crippen molar-refractivity contribution in [2.24, 2.45) is 0 Å². The summed E-state index contributed by atoms with van der Waals surface area (Å²) in [5, 5.41) is 3.39. The van der Waals surface area contributed by atoms with Crippen LogP contribution in [0, 0.1) is 0 Å². The number of ether oxygens (including phenoxy) is 1. The molecule has 150 valence electrons. The highest BCUT2D eigenvalue weighted by molar-refractivity contribution is 7.89. The van der Waals surface area contributed by atoms with Gasteiger partial charge in [-0.25, -0.2) is 8.42 Å². The number of hydrogen-bond acceptors (Lipinski definition) is 4. The van der Waals surface area contributed by atoms with Crippen molar-refractivity contribution < 1.29 is 17.9 Å². The molecule has 0 spiro atoms. The van der Waals surface area contributed by atoms with Gasteiger partial charge in [0.25, 0.3) is 5.91 Å². The normalized spacial score (nSPS) is 16.0. The summed E-state index contributed by atoms with van der Waals surface area (Å²) in [6.07, 6.45) is -0.327. The predicted molar refractivity (Wildman–Crippen MR) is 110 cm³/mol. The Morgan fingerprint density at radius 1 is 1.18 bits per heavy atom. The minimum Gasteiger partial charge on any atom is -0.480 e. The maximum Gasteiger partial charge on any atom is 0.265 e. The number of nitrogens with zero attached hydrogens (tertiary/aromatic N) is 1. The molecule has 0 saturated heterocycles. The van der Waals surface area contributed by atoms with Gasteiger partial charge in [0.05, 0.1) is 5.02 Å². The second kappa shape index (κ2) is 8.29. The third-order valence-electron chi connectivity index (χ3n) is 4.51. The Balaban J connectivity index is 1.80. The number of amides is 1. The van der Waals surface area contributed by atoms with E-state index < -0.39 is 16.1 Å². The Hall–Kier alpha value is -1.80. The van der Waals surface area contributed by atoms with E-state index in [0.717, 1.165) is 5.56 Å². The van der Waals surface area contributed by atoms with Gasteiger partial charge in [-0.15, -0.1) is 0 Å². The van der Waals surface area contributed by atoms with Gasteiger partial charge in [-0.05, 0) is 42.0 Å². The number of sulfonamides is 1. The number of carbonyl (C=O) groups excluding carboxylic acids is 1. The van der Waals surface area contributed by atoms with E-state index in [1.54, 1.807) is 38.1 Å². The van der Waals surface area contributed by atoms with Crippen molar-refractivity contribution >= 4 is 44.8 Å². The van der Waals surface area contributed by atoms with Crippen LogP contribution in [0.15, 0.2) is 41.3 Å². The lowest BCUT2D eigenvalue weighted by atomic mass is 10.1. The molecule has 0 aromatic heterocycles. The fraction of sp³-hybridized carbons (Fsp3) is 0.316. The molecule has 1 heterocycles. The van der Waals surface area contributed by atoms with E-state index in [-0.39, 0.29) is 15.8 Å². The molecule has 3 rings (SSSR count). The number of anilines is 1. The summed E-state index contributed by atoms with van der Waals surface area (Å²) in [5.41, 5.74) is 1.19. The van der Waals surface area contributed by atoms with Crippen molar-refractivity contribution in [1.29, 1.82) is 0 Å². The summed E-state index contributed by atoms with van der Waals surface area (Å²) >= 11 is 12.1. The molecule has 6 nitrogen and oxygen atoms in total. The molecular formula is C19H20Cl2N2O4S. The molecule has 28 heavy (non-hydrogen) atoms. The van der Waals surface area contributed by atoms with Crippen LogP contribution in [-0.4, -0.2) is 37.8 Å². The van der Waals surface area contributed by atoms with Crippen LogP contribution in [0.1, 0.15) is 19.4 Å². The summed E-state index contributed by atoms with van der Waals surface area (Å²) in [7, 11) is -3.75.